The molecule has 0 saturated carbocycles. The van der Waals surface area contributed by atoms with Crippen LogP contribution in [0, 0.1) is 5.92 Å². The quantitative estimate of drug-likeness (QED) is 0.757. The maximum absolute atomic E-state index is 8.92. The van der Waals surface area contributed by atoms with Crippen molar-refractivity contribution < 1.29 is 9.84 Å². The monoisotopic (exact) mass is 227 g/mol. The van der Waals surface area contributed by atoms with E-state index >= 15 is 0 Å². The highest BCUT2D eigenvalue weighted by molar-refractivity contribution is 7.99. The van der Waals surface area contributed by atoms with Crippen molar-refractivity contribution in [3.8, 4) is 5.75 Å². The maximum Gasteiger partial charge on any atom is 0.151 e. The molecule has 0 bridgehead atoms. The summed E-state index contributed by atoms with van der Waals surface area (Å²) in [6.07, 6.45) is 1.76. The minimum Gasteiger partial charge on any atom is -0.491 e. The Morgan fingerprint density at radius 1 is 1.60 bits per heavy atom. The van der Waals surface area contributed by atoms with Gasteiger partial charge < -0.3 is 9.84 Å². The van der Waals surface area contributed by atoms with Crippen molar-refractivity contribution in [2.24, 2.45) is 5.92 Å². The minimum absolute atomic E-state index is 0.212. The lowest BCUT2D eigenvalue weighted by molar-refractivity contribution is 0.250. The minimum atomic E-state index is 0.212. The molecule has 0 spiro atoms. The standard InChI is InChI=1S/C11H17NO2S/c1-3-14-10-5-4-6-12-11(10)15-8-9(2)7-13/h4-6,9,13H,3,7-8H2,1-2H3. The third kappa shape index (κ3) is 4.10. The van der Waals surface area contributed by atoms with Crippen LogP contribution in [0.25, 0.3) is 0 Å². The van der Waals surface area contributed by atoms with Gasteiger partial charge in [0.15, 0.2) is 5.75 Å². The fourth-order valence-corrected chi connectivity index (χ4v) is 1.98. The molecule has 0 amide bonds. The van der Waals surface area contributed by atoms with Gasteiger partial charge in [0, 0.05) is 18.6 Å². The molecule has 0 aromatic carbocycles. The van der Waals surface area contributed by atoms with E-state index in [0.717, 1.165) is 16.5 Å². The van der Waals surface area contributed by atoms with E-state index < -0.39 is 0 Å². The molecule has 4 heteroatoms. The molecule has 1 heterocycles. The lowest BCUT2D eigenvalue weighted by atomic mass is 10.2. The normalized spacial score (nSPS) is 12.5. The number of pyridine rings is 1. The van der Waals surface area contributed by atoms with Gasteiger partial charge in [-0.25, -0.2) is 4.98 Å². The first-order valence-electron chi connectivity index (χ1n) is 5.09. The molecular formula is C11H17NO2S. The van der Waals surface area contributed by atoms with E-state index in [1.807, 2.05) is 26.0 Å². The van der Waals surface area contributed by atoms with Gasteiger partial charge in [0.05, 0.1) is 6.61 Å². The molecule has 0 fully saturated rings. The van der Waals surface area contributed by atoms with E-state index in [1.54, 1.807) is 18.0 Å². The molecule has 1 unspecified atom stereocenters. The Kier molecular flexibility index (Phi) is 5.50. The van der Waals surface area contributed by atoms with Crippen LogP contribution in [0.4, 0.5) is 0 Å². The zero-order valence-electron chi connectivity index (χ0n) is 9.14. The van der Waals surface area contributed by atoms with Crippen molar-refractivity contribution in [3.63, 3.8) is 0 Å². The zero-order chi connectivity index (χ0) is 11.1. The summed E-state index contributed by atoms with van der Waals surface area (Å²) in [6, 6.07) is 3.78. The van der Waals surface area contributed by atoms with Crippen LogP contribution in [-0.2, 0) is 0 Å². The number of rotatable bonds is 6. The third-order valence-corrected chi connectivity index (χ3v) is 3.17. The fourth-order valence-electron chi connectivity index (χ4n) is 1.02. The van der Waals surface area contributed by atoms with E-state index in [1.165, 1.54) is 0 Å². The van der Waals surface area contributed by atoms with Crippen LogP contribution >= 0.6 is 11.8 Å². The van der Waals surface area contributed by atoms with E-state index in [4.69, 9.17) is 9.84 Å². The van der Waals surface area contributed by atoms with E-state index in [0.29, 0.717) is 6.61 Å². The molecule has 0 radical (unpaired) electrons. The van der Waals surface area contributed by atoms with Crippen LogP contribution in [0.5, 0.6) is 5.75 Å². The number of ether oxygens (including phenoxy) is 1. The summed E-state index contributed by atoms with van der Waals surface area (Å²) in [4.78, 5) is 4.26. The summed E-state index contributed by atoms with van der Waals surface area (Å²) in [5, 5.41) is 9.82. The van der Waals surface area contributed by atoms with Gasteiger partial charge in [0.2, 0.25) is 0 Å². The summed E-state index contributed by atoms with van der Waals surface area (Å²) in [5.41, 5.74) is 0. The molecule has 1 aromatic heterocycles. The Balaban J connectivity index is 2.58. The molecule has 0 aliphatic heterocycles. The molecule has 1 N–H and O–H groups in total. The number of nitrogens with zero attached hydrogens (tertiary/aromatic N) is 1. The fraction of sp³-hybridized carbons (Fsp3) is 0.545. The molecule has 84 valence electrons. The van der Waals surface area contributed by atoms with Gasteiger partial charge in [-0.1, -0.05) is 6.92 Å². The molecule has 0 saturated heterocycles. The van der Waals surface area contributed by atoms with Crippen molar-refractivity contribution in [1.82, 2.24) is 4.98 Å². The van der Waals surface area contributed by atoms with Crippen LogP contribution in [0.1, 0.15) is 13.8 Å². The molecule has 15 heavy (non-hydrogen) atoms. The summed E-state index contributed by atoms with van der Waals surface area (Å²) in [5.74, 6) is 1.97. The highest BCUT2D eigenvalue weighted by Crippen LogP contribution is 2.27. The summed E-state index contributed by atoms with van der Waals surface area (Å²) in [7, 11) is 0. The molecular weight excluding hydrogens is 210 g/mol. The predicted molar refractivity (Wildman–Crippen MR) is 62.4 cm³/mol. The lowest BCUT2D eigenvalue weighted by Gasteiger charge is -2.10. The van der Waals surface area contributed by atoms with Gasteiger partial charge in [-0.15, -0.1) is 11.8 Å². The average molecular weight is 227 g/mol. The topological polar surface area (TPSA) is 42.4 Å². The van der Waals surface area contributed by atoms with E-state index in [-0.39, 0.29) is 12.5 Å². The van der Waals surface area contributed by atoms with Crippen LogP contribution in [0.2, 0.25) is 0 Å². The van der Waals surface area contributed by atoms with Gasteiger partial charge in [0.25, 0.3) is 0 Å². The smallest absolute Gasteiger partial charge is 0.151 e. The van der Waals surface area contributed by atoms with Gasteiger partial charge in [-0.3, -0.25) is 0 Å². The second kappa shape index (κ2) is 6.69. The second-order valence-corrected chi connectivity index (χ2v) is 4.35. The third-order valence-electron chi connectivity index (χ3n) is 1.85. The maximum atomic E-state index is 8.92. The van der Waals surface area contributed by atoms with Gasteiger partial charge in [-0.2, -0.15) is 0 Å². The number of thioether (sulfide) groups is 1. The Morgan fingerprint density at radius 2 is 2.40 bits per heavy atom. The number of aromatic nitrogens is 1. The van der Waals surface area contributed by atoms with Crippen LogP contribution in [0.3, 0.4) is 0 Å². The van der Waals surface area contributed by atoms with Crippen molar-refractivity contribution in [2.45, 2.75) is 18.9 Å². The molecule has 1 rings (SSSR count). The molecule has 0 aliphatic rings. The van der Waals surface area contributed by atoms with E-state index in [9.17, 15) is 0 Å². The first-order chi connectivity index (χ1) is 7.27. The van der Waals surface area contributed by atoms with Crippen LogP contribution in [0.15, 0.2) is 23.4 Å². The summed E-state index contributed by atoms with van der Waals surface area (Å²) < 4.78 is 5.46. The predicted octanol–water partition coefficient (Wildman–Crippen LogP) is 2.20. The molecule has 0 aliphatic carbocycles. The highest BCUT2D eigenvalue weighted by Gasteiger charge is 2.07. The van der Waals surface area contributed by atoms with Crippen LogP contribution < -0.4 is 4.74 Å². The summed E-state index contributed by atoms with van der Waals surface area (Å²) >= 11 is 1.62. The van der Waals surface area contributed by atoms with Gasteiger partial charge >= 0.3 is 0 Å². The number of aliphatic hydroxyl groups is 1. The lowest BCUT2D eigenvalue weighted by Crippen LogP contribution is -2.04. The largest absolute Gasteiger partial charge is 0.491 e. The highest BCUT2D eigenvalue weighted by atomic mass is 32.2. The molecule has 3 nitrogen and oxygen atoms in total. The van der Waals surface area contributed by atoms with Gasteiger partial charge in [-0.05, 0) is 25.0 Å². The number of hydrogen-bond acceptors (Lipinski definition) is 4. The summed E-state index contributed by atoms with van der Waals surface area (Å²) in [6.45, 7) is 4.83. The van der Waals surface area contributed by atoms with Crippen molar-refractivity contribution in [2.75, 3.05) is 19.0 Å². The van der Waals surface area contributed by atoms with Gasteiger partial charge in [0.1, 0.15) is 5.03 Å². The Labute approximate surface area is 94.9 Å². The Hall–Kier alpha value is -0.740. The molecule has 1 atom stereocenters. The SMILES string of the molecule is CCOc1cccnc1SCC(C)CO. The van der Waals surface area contributed by atoms with Crippen molar-refractivity contribution >= 4 is 11.8 Å². The van der Waals surface area contributed by atoms with Crippen molar-refractivity contribution in [1.29, 1.82) is 0 Å². The van der Waals surface area contributed by atoms with E-state index in [2.05, 4.69) is 4.98 Å². The zero-order valence-corrected chi connectivity index (χ0v) is 9.96. The van der Waals surface area contributed by atoms with Crippen LogP contribution in [-0.4, -0.2) is 29.1 Å². The average Bonchev–Trinajstić information content (AvgIpc) is 2.28. The Morgan fingerprint density at radius 3 is 3.07 bits per heavy atom. The first kappa shape index (κ1) is 12.3. The number of hydrogen-bond donors (Lipinski definition) is 1. The Bertz CT molecular complexity index is 294. The second-order valence-electron chi connectivity index (χ2n) is 3.34. The van der Waals surface area contributed by atoms with Crippen molar-refractivity contribution in [3.05, 3.63) is 18.3 Å². The molecule has 1 aromatic rings. The first-order valence-corrected chi connectivity index (χ1v) is 6.08. The number of aliphatic hydroxyl groups excluding tert-OH is 1.